The molecule has 0 aromatic heterocycles. The molecule has 1 aliphatic rings. The van der Waals surface area contributed by atoms with E-state index in [0.29, 0.717) is 6.54 Å². The Hall–Kier alpha value is -3.24. The third-order valence-corrected chi connectivity index (χ3v) is 5.38. The van der Waals surface area contributed by atoms with E-state index in [-0.39, 0.29) is 12.1 Å². The minimum Gasteiger partial charge on any atom is -0.298 e. The van der Waals surface area contributed by atoms with Crippen molar-refractivity contribution < 1.29 is 9.69 Å². The molecule has 1 unspecified atom stereocenters. The summed E-state index contributed by atoms with van der Waals surface area (Å²) >= 11 is 0. The van der Waals surface area contributed by atoms with Crippen LogP contribution in [0.25, 0.3) is 0 Å². The molecule has 0 aliphatic carbocycles. The van der Waals surface area contributed by atoms with E-state index in [1.807, 2.05) is 55.5 Å². The van der Waals surface area contributed by atoms with Gasteiger partial charge in [-0.15, -0.1) is 0 Å². The maximum atomic E-state index is 13.0. The predicted octanol–water partition coefficient (Wildman–Crippen LogP) is 3.35. The molecule has 2 atom stereocenters. The first kappa shape index (κ1) is 19.1. The highest BCUT2D eigenvalue weighted by atomic mass is 16.2. The van der Waals surface area contributed by atoms with E-state index in [0.717, 1.165) is 23.4 Å². The molecule has 0 bridgehead atoms. The van der Waals surface area contributed by atoms with Crippen molar-refractivity contribution in [1.82, 2.24) is 5.01 Å². The number of aryl methyl sites for hydroxylation is 1. The zero-order valence-electron chi connectivity index (χ0n) is 16.9. The van der Waals surface area contributed by atoms with E-state index in [4.69, 9.17) is 5.10 Å². The first-order valence-electron chi connectivity index (χ1n) is 9.99. The van der Waals surface area contributed by atoms with Gasteiger partial charge in [0, 0.05) is 11.1 Å². The van der Waals surface area contributed by atoms with Gasteiger partial charge in [-0.2, -0.15) is 10.1 Å². The number of benzene rings is 3. The molecule has 1 amide bonds. The van der Waals surface area contributed by atoms with Crippen molar-refractivity contribution in [3.63, 3.8) is 0 Å². The van der Waals surface area contributed by atoms with E-state index >= 15 is 0 Å². The number of hydrogen-bond donors (Lipinski definition) is 1. The van der Waals surface area contributed by atoms with Crippen LogP contribution in [0.1, 0.15) is 35.3 Å². The number of carbonyl (C=O) groups excluding carboxylic acids is 1. The summed E-state index contributed by atoms with van der Waals surface area (Å²) in [6, 6.07) is 28.8. The summed E-state index contributed by atoms with van der Waals surface area (Å²) in [5.74, 6) is 0.0526. The van der Waals surface area contributed by atoms with Crippen LogP contribution in [-0.2, 0) is 11.3 Å². The second-order valence-corrected chi connectivity index (χ2v) is 7.60. The van der Waals surface area contributed by atoms with Gasteiger partial charge < -0.3 is 0 Å². The number of nitrogens with one attached hydrogen (secondary N) is 1. The zero-order chi connectivity index (χ0) is 20.2. The molecule has 1 saturated heterocycles. The topological polar surface area (TPSA) is 37.1 Å². The Kier molecular flexibility index (Phi) is 5.54. The molecule has 1 aliphatic heterocycles. The third kappa shape index (κ3) is 4.28. The SMILES string of the molecule is C/C(=N/N1C(=O)C[NH+](Cc2ccccc2)[C@H]1c1ccc(C)cc1)c1ccccc1. The highest BCUT2D eigenvalue weighted by Crippen LogP contribution is 2.21. The molecule has 146 valence electrons. The van der Waals surface area contributed by atoms with Crippen molar-refractivity contribution in [3.8, 4) is 0 Å². The fourth-order valence-corrected chi connectivity index (χ4v) is 3.84. The molecule has 29 heavy (non-hydrogen) atoms. The number of nitrogens with zero attached hydrogens (tertiary/aromatic N) is 2. The normalized spacial score (nSPS) is 19.6. The minimum absolute atomic E-state index is 0.0526. The molecule has 1 fully saturated rings. The van der Waals surface area contributed by atoms with Gasteiger partial charge in [-0.3, -0.25) is 9.69 Å². The van der Waals surface area contributed by atoms with E-state index in [1.165, 1.54) is 16.0 Å². The smallest absolute Gasteiger partial charge is 0.298 e. The lowest BCUT2D eigenvalue weighted by Gasteiger charge is -2.25. The number of rotatable bonds is 5. The second kappa shape index (κ2) is 8.41. The lowest BCUT2D eigenvalue weighted by molar-refractivity contribution is -0.936. The molecule has 0 radical (unpaired) electrons. The Labute approximate surface area is 172 Å². The Balaban J connectivity index is 1.70. The van der Waals surface area contributed by atoms with Crippen molar-refractivity contribution in [2.45, 2.75) is 26.6 Å². The van der Waals surface area contributed by atoms with Crippen LogP contribution in [0.4, 0.5) is 0 Å². The van der Waals surface area contributed by atoms with Crippen molar-refractivity contribution in [2.24, 2.45) is 5.10 Å². The van der Waals surface area contributed by atoms with Gasteiger partial charge in [0.25, 0.3) is 0 Å². The Morgan fingerprint density at radius 1 is 0.966 bits per heavy atom. The fraction of sp³-hybridized carbons (Fsp3) is 0.200. The van der Waals surface area contributed by atoms with Crippen LogP contribution in [0.5, 0.6) is 0 Å². The predicted molar refractivity (Wildman–Crippen MR) is 115 cm³/mol. The van der Waals surface area contributed by atoms with Crippen LogP contribution in [-0.4, -0.2) is 23.2 Å². The van der Waals surface area contributed by atoms with Crippen LogP contribution < -0.4 is 4.90 Å². The van der Waals surface area contributed by atoms with Gasteiger partial charge in [-0.25, -0.2) is 0 Å². The van der Waals surface area contributed by atoms with Crippen molar-refractivity contribution in [1.29, 1.82) is 0 Å². The minimum atomic E-state index is -0.137. The van der Waals surface area contributed by atoms with E-state index in [1.54, 1.807) is 5.01 Å². The van der Waals surface area contributed by atoms with Crippen LogP contribution in [0, 0.1) is 6.92 Å². The van der Waals surface area contributed by atoms with Gasteiger partial charge in [0.2, 0.25) is 6.17 Å². The highest BCUT2D eigenvalue weighted by Gasteiger charge is 2.43. The van der Waals surface area contributed by atoms with Crippen LogP contribution in [0.2, 0.25) is 0 Å². The third-order valence-electron chi connectivity index (χ3n) is 5.38. The van der Waals surface area contributed by atoms with E-state index < -0.39 is 0 Å². The molecule has 4 rings (SSSR count). The first-order chi connectivity index (χ1) is 14.1. The summed E-state index contributed by atoms with van der Waals surface area (Å²) in [4.78, 5) is 14.2. The lowest BCUT2D eigenvalue weighted by Crippen LogP contribution is -3.09. The monoisotopic (exact) mass is 384 g/mol. The average molecular weight is 385 g/mol. The van der Waals surface area contributed by atoms with Gasteiger partial charge in [0.15, 0.2) is 6.54 Å². The maximum absolute atomic E-state index is 13.0. The molecule has 0 saturated carbocycles. The molecule has 4 nitrogen and oxygen atoms in total. The number of amides is 1. The molecule has 3 aromatic carbocycles. The van der Waals surface area contributed by atoms with Crippen LogP contribution >= 0.6 is 0 Å². The van der Waals surface area contributed by atoms with E-state index in [2.05, 4.69) is 43.3 Å². The van der Waals surface area contributed by atoms with Crippen molar-refractivity contribution in [3.05, 3.63) is 107 Å². The number of carbonyl (C=O) groups is 1. The largest absolute Gasteiger partial charge is 0.303 e. The molecule has 0 spiro atoms. The molecule has 3 aromatic rings. The standard InChI is InChI=1S/C25H25N3O/c1-19-13-15-23(16-14-19)25-27(17-21-9-5-3-6-10-21)18-24(29)28(25)26-20(2)22-11-7-4-8-12-22/h3-16,25H,17-18H2,1-2H3/p+1/b26-20-/t25-/m1/s1. The molecular formula is C25H26N3O+. The summed E-state index contributed by atoms with van der Waals surface area (Å²) < 4.78 is 0. The Bertz CT molecular complexity index is 997. The second-order valence-electron chi connectivity index (χ2n) is 7.60. The van der Waals surface area contributed by atoms with Gasteiger partial charge >= 0.3 is 5.91 Å². The van der Waals surface area contributed by atoms with Crippen molar-refractivity contribution in [2.75, 3.05) is 6.54 Å². The number of quaternary nitrogens is 1. The molecule has 4 heteroatoms. The van der Waals surface area contributed by atoms with Gasteiger partial charge in [0.05, 0.1) is 5.71 Å². The maximum Gasteiger partial charge on any atom is 0.303 e. The first-order valence-corrected chi connectivity index (χ1v) is 9.99. The van der Waals surface area contributed by atoms with Gasteiger partial charge in [0.1, 0.15) is 6.54 Å². The number of hydrogen-bond acceptors (Lipinski definition) is 2. The van der Waals surface area contributed by atoms with Gasteiger partial charge in [-0.1, -0.05) is 90.5 Å². The summed E-state index contributed by atoms with van der Waals surface area (Å²) in [6.07, 6.45) is -0.137. The zero-order valence-corrected chi connectivity index (χ0v) is 16.9. The van der Waals surface area contributed by atoms with Crippen molar-refractivity contribution >= 4 is 11.6 Å². The quantitative estimate of drug-likeness (QED) is 0.673. The Morgan fingerprint density at radius 2 is 1.59 bits per heavy atom. The Morgan fingerprint density at radius 3 is 2.24 bits per heavy atom. The van der Waals surface area contributed by atoms with Crippen LogP contribution in [0.15, 0.2) is 90.0 Å². The summed E-state index contributed by atoms with van der Waals surface area (Å²) in [5.41, 5.74) is 5.41. The molecule has 1 heterocycles. The summed E-state index contributed by atoms with van der Waals surface area (Å²) in [6.45, 7) is 5.25. The lowest BCUT2D eigenvalue weighted by atomic mass is 10.1. The molecule has 1 N–H and O–H groups in total. The molecular weight excluding hydrogens is 358 g/mol. The number of hydrazone groups is 1. The average Bonchev–Trinajstić information content (AvgIpc) is 3.04. The van der Waals surface area contributed by atoms with Gasteiger partial charge in [-0.05, 0) is 19.4 Å². The van der Waals surface area contributed by atoms with E-state index in [9.17, 15) is 4.79 Å². The highest BCUT2D eigenvalue weighted by molar-refractivity contribution is 5.99. The fourth-order valence-electron chi connectivity index (χ4n) is 3.84. The summed E-state index contributed by atoms with van der Waals surface area (Å²) in [5, 5.41) is 6.46. The summed E-state index contributed by atoms with van der Waals surface area (Å²) in [7, 11) is 0. The van der Waals surface area contributed by atoms with Crippen LogP contribution in [0.3, 0.4) is 0 Å².